The maximum absolute atomic E-state index is 13.0. The van der Waals surface area contributed by atoms with Crippen molar-refractivity contribution >= 4 is 23.3 Å². The fourth-order valence-electron chi connectivity index (χ4n) is 3.59. The molecule has 33 heavy (non-hydrogen) atoms. The van der Waals surface area contributed by atoms with Gasteiger partial charge >= 0.3 is 6.03 Å². The van der Waals surface area contributed by atoms with Gasteiger partial charge in [-0.25, -0.2) is 14.5 Å². The second-order valence-electron chi connectivity index (χ2n) is 7.93. The lowest BCUT2D eigenvalue weighted by Crippen LogP contribution is -2.39. The first-order chi connectivity index (χ1) is 16.1. The lowest BCUT2D eigenvalue weighted by Gasteiger charge is -2.26. The maximum Gasteiger partial charge on any atom is 0.322 e. The molecule has 4 rings (SSSR count). The van der Waals surface area contributed by atoms with Crippen molar-refractivity contribution in [1.29, 1.82) is 0 Å². The summed E-state index contributed by atoms with van der Waals surface area (Å²) in [6.07, 6.45) is 8.34. The Morgan fingerprint density at radius 3 is 2.61 bits per heavy atom. The van der Waals surface area contributed by atoms with Gasteiger partial charge < -0.3 is 20.3 Å². The number of nitrogens with zero attached hydrogens (tertiary/aromatic N) is 5. The Kier molecular flexibility index (Phi) is 7.26. The summed E-state index contributed by atoms with van der Waals surface area (Å²) in [5.74, 6) is -0.212. The fourth-order valence-corrected chi connectivity index (χ4v) is 3.59. The van der Waals surface area contributed by atoms with Crippen molar-refractivity contribution in [3.63, 3.8) is 0 Å². The number of aromatic nitrogens is 4. The van der Waals surface area contributed by atoms with E-state index in [1.165, 1.54) is 17.3 Å². The van der Waals surface area contributed by atoms with Gasteiger partial charge in [0.25, 0.3) is 0 Å². The average molecular weight is 450 g/mol. The van der Waals surface area contributed by atoms with E-state index >= 15 is 0 Å². The number of pyridine rings is 1. The quantitative estimate of drug-likeness (QED) is 0.546. The monoisotopic (exact) mass is 449 g/mol. The third-order valence-corrected chi connectivity index (χ3v) is 5.45. The first-order valence-electron chi connectivity index (χ1n) is 10.9. The van der Waals surface area contributed by atoms with Crippen molar-refractivity contribution in [2.75, 3.05) is 23.8 Å². The highest BCUT2D eigenvalue weighted by Gasteiger charge is 2.23. The van der Waals surface area contributed by atoms with Crippen LogP contribution in [0.4, 0.5) is 16.2 Å². The molecule has 0 aliphatic carbocycles. The number of nitrogens with one attached hydrogen (secondary N) is 2. The summed E-state index contributed by atoms with van der Waals surface area (Å²) in [7, 11) is 0. The molecule has 3 heterocycles. The number of ether oxygens (including phenoxy) is 1. The second-order valence-corrected chi connectivity index (χ2v) is 7.93. The second kappa shape index (κ2) is 10.7. The molecule has 0 saturated carbocycles. The topological polar surface area (TPSA) is 114 Å². The van der Waals surface area contributed by atoms with Crippen LogP contribution in [0.3, 0.4) is 0 Å². The largest absolute Gasteiger partial charge is 0.376 e. The molecule has 3 amide bonds. The van der Waals surface area contributed by atoms with E-state index in [-0.39, 0.29) is 18.0 Å². The molecule has 3 aromatic rings. The number of amides is 3. The Bertz CT molecular complexity index is 1040. The van der Waals surface area contributed by atoms with E-state index in [4.69, 9.17) is 4.74 Å². The zero-order chi connectivity index (χ0) is 23.0. The van der Waals surface area contributed by atoms with Gasteiger partial charge in [0.15, 0.2) is 0 Å². The van der Waals surface area contributed by atoms with Crippen LogP contribution in [0.1, 0.15) is 31.4 Å². The zero-order valence-corrected chi connectivity index (χ0v) is 18.4. The Morgan fingerprint density at radius 1 is 1.18 bits per heavy atom. The molecule has 2 aromatic heterocycles. The number of benzene rings is 1. The number of carbonyl (C=O) groups is 2. The summed E-state index contributed by atoms with van der Waals surface area (Å²) in [6, 6.07) is 10.1. The Labute approximate surface area is 192 Å². The molecule has 0 radical (unpaired) electrons. The van der Waals surface area contributed by atoms with E-state index in [0.29, 0.717) is 24.5 Å². The van der Waals surface area contributed by atoms with Gasteiger partial charge in [-0.15, -0.1) is 0 Å². The molecule has 2 N–H and O–H groups in total. The van der Waals surface area contributed by atoms with Crippen molar-refractivity contribution in [2.24, 2.45) is 0 Å². The minimum Gasteiger partial charge on any atom is -0.376 e. The molecule has 1 aliphatic heterocycles. The van der Waals surface area contributed by atoms with Gasteiger partial charge in [-0.1, -0.05) is 6.07 Å². The molecule has 10 nitrogen and oxygen atoms in total. The van der Waals surface area contributed by atoms with Crippen LogP contribution in [0.2, 0.25) is 0 Å². The summed E-state index contributed by atoms with van der Waals surface area (Å²) in [5.41, 5.74) is 2.20. The van der Waals surface area contributed by atoms with Crippen LogP contribution in [0, 0.1) is 0 Å². The summed E-state index contributed by atoms with van der Waals surface area (Å²) in [5, 5.41) is 9.77. The van der Waals surface area contributed by atoms with Crippen LogP contribution in [-0.4, -0.2) is 55.8 Å². The van der Waals surface area contributed by atoms with Gasteiger partial charge in [-0.3, -0.25) is 9.78 Å². The van der Waals surface area contributed by atoms with Crippen molar-refractivity contribution in [3.8, 4) is 0 Å². The molecule has 1 aliphatic rings. The standard InChI is InChI=1S/C23H27N7O3/c1-17(30-16-25-15-26-30)22(31)27-19-6-8-20(9-7-19)28-23(32)29(14-21-5-3-11-33-21)13-18-4-2-10-24-12-18/h2,4,6-10,12,15-17,21H,3,5,11,13-14H2,1H3,(H,27,31)(H,28,32). The highest BCUT2D eigenvalue weighted by molar-refractivity contribution is 5.94. The summed E-state index contributed by atoms with van der Waals surface area (Å²) in [6.45, 7) is 3.42. The fraction of sp³-hybridized carbons (Fsp3) is 0.348. The van der Waals surface area contributed by atoms with E-state index < -0.39 is 6.04 Å². The minimum absolute atomic E-state index is 0.0389. The normalized spacial score (nSPS) is 16.2. The lowest BCUT2D eigenvalue weighted by atomic mass is 10.2. The van der Waals surface area contributed by atoms with Crippen molar-refractivity contribution in [3.05, 3.63) is 67.0 Å². The maximum atomic E-state index is 13.0. The predicted molar refractivity (Wildman–Crippen MR) is 122 cm³/mol. The predicted octanol–water partition coefficient (Wildman–Crippen LogP) is 3.09. The third kappa shape index (κ3) is 6.13. The van der Waals surface area contributed by atoms with Crippen LogP contribution < -0.4 is 10.6 Å². The zero-order valence-electron chi connectivity index (χ0n) is 18.4. The van der Waals surface area contributed by atoms with Gasteiger partial charge in [0, 0.05) is 43.5 Å². The molecule has 2 atom stereocenters. The molecule has 0 spiro atoms. The third-order valence-electron chi connectivity index (χ3n) is 5.45. The van der Waals surface area contributed by atoms with Crippen LogP contribution >= 0.6 is 0 Å². The van der Waals surface area contributed by atoms with Gasteiger partial charge in [0.05, 0.1) is 6.10 Å². The molecule has 1 aromatic carbocycles. The van der Waals surface area contributed by atoms with Crippen LogP contribution in [0.15, 0.2) is 61.4 Å². The first kappa shape index (κ1) is 22.4. The Balaban J connectivity index is 1.37. The summed E-state index contributed by atoms with van der Waals surface area (Å²) in [4.78, 5) is 35.2. The van der Waals surface area contributed by atoms with Crippen LogP contribution in [0.25, 0.3) is 0 Å². The number of anilines is 2. The molecular formula is C23H27N7O3. The minimum atomic E-state index is -0.495. The molecule has 1 fully saturated rings. The SMILES string of the molecule is CC(C(=O)Nc1ccc(NC(=O)N(Cc2cccnc2)CC2CCCO2)cc1)n1cncn1. The molecule has 172 valence electrons. The first-order valence-corrected chi connectivity index (χ1v) is 10.9. The highest BCUT2D eigenvalue weighted by Crippen LogP contribution is 2.18. The van der Waals surface area contributed by atoms with E-state index in [2.05, 4.69) is 25.7 Å². The van der Waals surface area contributed by atoms with E-state index in [9.17, 15) is 9.59 Å². The number of hydrogen-bond acceptors (Lipinski definition) is 6. The average Bonchev–Trinajstić information content (AvgIpc) is 3.55. The molecule has 2 unspecified atom stereocenters. The van der Waals surface area contributed by atoms with Crippen molar-refractivity contribution < 1.29 is 14.3 Å². The number of hydrogen-bond donors (Lipinski definition) is 2. The Morgan fingerprint density at radius 2 is 1.97 bits per heavy atom. The Hall–Kier alpha value is -3.79. The summed E-state index contributed by atoms with van der Waals surface area (Å²) < 4.78 is 7.21. The van der Waals surface area contributed by atoms with Crippen molar-refractivity contribution in [1.82, 2.24) is 24.6 Å². The van der Waals surface area contributed by atoms with E-state index in [1.54, 1.807) is 48.5 Å². The van der Waals surface area contributed by atoms with Crippen LogP contribution in [0.5, 0.6) is 0 Å². The molecular weight excluding hydrogens is 422 g/mol. The van der Waals surface area contributed by atoms with Gasteiger partial charge in [-0.2, -0.15) is 5.10 Å². The molecule has 1 saturated heterocycles. The van der Waals surface area contributed by atoms with Crippen molar-refractivity contribution in [2.45, 2.75) is 38.5 Å². The smallest absolute Gasteiger partial charge is 0.322 e. The summed E-state index contributed by atoms with van der Waals surface area (Å²) >= 11 is 0. The molecule has 0 bridgehead atoms. The van der Waals surface area contributed by atoms with E-state index in [1.807, 2.05) is 12.1 Å². The number of rotatable bonds is 8. The molecule has 10 heteroatoms. The van der Waals surface area contributed by atoms with Gasteiger partial charge in [0.1, 0.15) is 18.7 Å². The number of carbonyl (C=O) groups excluding carboxylic acids is 2. The van der Waals surface area contributed by atoms with Gasteiger partial charge in [-0.05, 0) is 55.7 Å². The van der Waals surface area contributed by atoms with Gasteiger partial charge in [0.2, 0.25) is 5.91 Å². The van der Waals surface area contributed by atoms with E-state index in [0.717, 1.165) is 25.0 Å². The lowest BCUT2D eigenvalue weighted by molar-refractivity contribution is -0.119. The highest BCUT2D eigenvalue weighted by atomic mass is 16.5. The van der Waals surface area contributed by atoms with Crippen LogP contribution in [-0.2, 0) is 16.1 Å². The number of urea groups is 1.